The normalized spacial score (nSPS) is 15.1. The molecule has 0 unspecified atom stereocenters. The van der Waals surface area contributed by atoms with Crippen LogP contribution in [0.2, 0.25) is 0 Å². The topological polar surface area (TPSA) is 15.3 Å². The highest BCUT2D eigenvalue weighted by atomic mass is 79.9. The highest BCUT2D eigenvalue weighted by Crippen LogP contribution is 2.34. The fourth-order valence-corrected chi connectivity index (χ4v) is 2.88. The Labute approximate surface area is 116 Å². The van der Waals surface area contributed by atoms with Crippen molar-refractivity contribution in [3.05, 3.63) is 58.6 Å². The summed E-state index contributed by atoms with van der Waals surface area (Å²) in [6.07, 6.45) is 0. The molecule has 3 heteroatoms. The van der Waals surface area contributed by atoms with Crippen LogP contribution in [-0.2, 0) is 6.54 Å². The van der Waals surface area contributed by atoms with Gasteiger partial charge in [0.1, 0.15) is 0 Å². The van der Waals surface area contributed by atoms with E-state index < -0.39 is 0 Å². The van der Waals surface area contributed by atoms with Gasteiger partial charge in [-0.05, 0) is 39.7 Å². The van der Waals surface area contributed by atoms with E-state index in [9.17, 15) is 0 Å². The number of benzene rings is 2. The summed E-state index contributed by atoms with van der Waals surface area (Å²) in [6.45, 7) is 2.92. The predicted octanol–water partition coefficient (Wildman–Crippen LogP) is 3.69. The van der Waals surface area contributed by atoms with Crippen LogP contribution < -0.4 is 10.2 Å². The molecule has 0 fully saturated rings. The second kappa shape index (κ2) is 5.12. The SMILES string of the molecule is Brc1ccccc1N1CCNCc2ccccc21. The minimum Gasteiger partial charge on any atom is -0.339 e. The molecule has 0 saturated carbocycles. The molecular formula is C15H15BrN2. The summed E-state index contributed by atoms with van der Waals surface area (Å²) in [4.78, 5) is 2.37. The van der Waals surface area contributed by atoms with E-state index in [1.54, 1.807) is 0 Å². The van der Waals surface area contributed by atoms with Crippen LogP contribution in [-0.4, -0.2) is 13.1 Å². The maximum absolute atomic E-state index is 3.65. The minimum absolute atomic E-state index is 0.942. The van der Waals surface area contributed by atoms with Gasteiger partial charge in [0.15, 0.2) is 0 Å². The Morgan fingerprint density at radius 3 is 2.50 bits per heavy atom. The molecule has 2 aromatic rings. The third-order valence-corrected chi connectivity index (χ3v) is 3.92. The molecule has 0 spiro atoms. The molecule has 18 heavy (non-hydrogen) atoms. The van der Waals surface area contributed by atoms with Crippen LogP contribution in [0.4, 0.5) is 11.4 Å². The molecule has 0 aliphatic carbocycles. The number of nitrogens with zero attached hydrogens (tertiary/aromatic N) is 1. The van der Waals surface area contributed by atoms with Crippen LogP contribution in [0.3, 0.4) is 0 Å². The molecule has 0 amide bonds. The van der Waals surface area contributed by atoms with Crippen molar-refractivity contribution in [3.63, 3.8) is 0 Å². The standard InChI is InChI=1S/C15H15BrN2/c16-13-6-2-4-8-15(13)18-10-9-17-11-12-5-1-3-7-14(12)18/h1-8,17H,9-11H2. The number of para-hydroxylation sites is 2. The first-order chi connectivity index (χ1) is 8.86. The van der Waals surface area contributed by atoms with Gasteiger partial charge in [-0.1, -0.05) is 30.3 Å². The monoisotopic (exact) mass is 302 g/mol. The average molecular weight is 303 g/mol. The van der Waals surface area contributed by atoms with E-state index >= 15 is 0 Å². The third-order valence-electron chi connectivity index (χ3n) is 3.25. The van der Waals surface area contributed by atoms with Gasteiger partial charge in [-0.3, -0.25) is 0 Å². The molecular weight excluding hydrogens is 288 g/mol. The molecule has 1 heterocycles. The molecule has 1 N–H and O–H groups in total. The molecule has 3 rings (SSSR count). The fourth-order valence-electron chi connectivity index (χ4n) is 2.38. The predicted molar refractivity (Wildman–Crippen MR) is 79.3 cm³/mol. The van der Waals surface area contributed by atoms with Crippen LogP contribution in [0.1, 0.15) is 5.56 Å². The van der Waals surface area contributed by atoms with Crippen LogP contribution >= 0.6 is 15.9 Å². The van der Waals surface area contributed by atoms with Gasteiger partial charge in [0.25, 0.3) is 0 Å². The number of halogens is 1. The highest BCUT2D eigenvalue weighted by Gasteiger charge is 2.17. The first-order valence-corrected chi connectivity index (χ1v) is 6.96. The van der Waals surface area contributed by atoms with Crippen LogP contribution in [0.15, 0.2) is 53.0 Å². The smallest absolute Gasteiger partial charge is 0.0555 e. The van der Waals surface area contributed by atoms with Gasteiger partial charge >= 0.3 is 0 Å². The summed E-state index contributed by atoms with van der Waals surface area (Å²) in [5.41, 5.74) is 3.88. The third kappa shape index (κ3) is 2.16. The lowest BCUT2D eigenvalue weighted by Crippen LogP contribution is -2.24. The molecule has 92 valence electrons. The maximum Gasteiger partial charge on any atom is 0.0555 e. The lowest BCUT2D eigenvalue weighted by atomic mass is 10.1. The first-order valence-electron chi connectivity index (χ1n) is 6.17. The van der Waals surface area contributed by atoms with Crippen LogP contribution in [0.25, 0.3) is 0 Å². The van der Waals surface area contributed by atoms with Gasteiger partial charge < -0.3 is 10.2 Å². The van der Waals surface area contributed by atoms with Crippen LogP contribution in [0.5, 0.6) is 0 Å². The van der Waals surface area contributed by atoms with E-state index in [1.165, 1.54) is 16.9 Å². The van der Waals surface area contributed by atoms with Crippen molar-refractivity contribution in [2.24, 2.45) is 0 Å². The fraction of sp³-hybridized carbons (Fsp3) is 0.200. The second-order valence-corrected chi connectivity index (χ2v) is 5.26. The van der Waals surface area contributed by atoms with Gasteiger partial charge in [0.2, 0.25) is 0 Å². The van der Waals surface area contributed by atoms with E-state index in [-0.39, 0.29) is 0 Å². The van der Waals surface area contributed by atoms with Crippen molar-refractivity contribution in [2.75, 3.05) is 18.0 Å². The number of nitrogens with one attached hydrogen (secondary N) is 1. The Balaban J connectivity index is 2.10. The van der Waals surface area contributed by atoms with Crippen molar-refractivity contribution < 1.29 is 0 Å². The quantitative estimate of drug-likeness (QED) is 0.864. The van der Waals surface area contributed by atoms with E-state index in [1.807, 2.05) is 0 Å². The molecule has 0 atom stereocenters. The number of hydrogen-bond donors (Lipinski definition) is 1. The summed E-state index contributed by atoms with van der Waals surface area (Å²) in [6, 6.07) is 17.0. The van der Waals surface area contributed by atoms with Crippen molar-refractivity contribution in [3.8, 4) is 0 Å². The Morgan fingerprint density at radius 1 is 0.944 bits per heavy atom. The Hall–Kier alpha value is -1.32. The summed E-state index contributed by atoms with van der Waals surface area (Å²) < 4.78 is 1.14. The molecule has 1 aliphatic rings. The van der Waals surface area contributed by atoms with Gasteiger partial charge in [-0.15, -0.1) is 0 Å². The molecule has 2 nitrogen and oxygen atoms in total. The van der Waals surface area contributed by atoms with Gasteiger partial charge in [-0.2, -0.15) is 0 Å². The molecule has 0 saturated heterocycles. The van der Waals surface area contributed by atoms with E-state index in [4.69, 9.17) is 0 Å². The van der Waals surface area contributed by atoms with E-state index in [0.717, 1.165) is 24.1 Å². The van der Waals surface area contributed by atoms with Gasteiger partial charge in [0.05, 0.1) is 5.69 Å². The number of hydrogen-bond acceptors (Lipinski definition) is 2. The minimum atomic E-state index is 0.942. The summed E-state index contributed by atoms with van der Waals surface area (Å²) in [5.74, 6) is 0. The first kappa shape index (κ1) is 11.8. The molecule has 0 radical (unpaired) electrons. The molecule has 0 bridgehead atoms. The van der Waals surface area contributed by atoms with Crippen molar-refractivity contribution in [2.45, 2.75) is 6.54 Å². The van der Waals surface area contributed by atoms with Crippen molar-refractivity contribution in [1.82, 2.24) is 5.32 Å². The average Bonchev–Trinajstić information content (AvgIpc) is 2.62. The zero-order valence-electron chi connectivity index (χ0n) is 10.1. The zero-order chi connectivity index (χ0) is 12.4. The number of rotatable bonds is 1. The van der Waals surface area contributed by atoms with E-state index in [2.05, 4.69) is 74.7 Å². The maximum atomic E-state index is 3.65. The second-order valence-electron chi connectivity index (χ2n) is 4.41. The molecule has 1 aliphatic heterocycles. The Morgan fingerprint density at radius 2 is 1.67 bits per heavy atom. The molecule has 2 aromatic carbocycles. The van der Waals surface area contributed by atoms with Crippen LogP contribution in [0, 0.1) is 0 Å². The van der Waals surface area contributed by atoms with E-state index in [0.29, 0.717) is 0 Å². The summed E-state index contributed by atoms with van der Waals surface area (Å²) >= 11 is 3.65. The Bertz CT molecular complexity index is 554. The number of anilines is 2. The number of fused-ring (bicyclic) bond motifs is 1. The zero-order valence-corrected chi connectivity index (χ0v) is 11.7. The molecule has 0 aromatic heterocycles. The lowest BCUT2D eigenvalue weighted by molar-refractivity contribution is 0.712. The van der Waals surface area contributed by atoms with Crippen molar-refractivity contribution in [1.29, 1.82) is 0 Å². The van der Waals surface area contributed by atoms with Gasteiger partial charge in [0, 0.05) is 29.8 Å². The summed E-state index contributed by atoms with van der Waals surface area (Å²) in [5, 5.41) is 3.47. The largest absolute Gasteiger partial charge is 0.339 e. The highest BCUT2D eigenvalue weighted by molar-refractivity contribution is 9.10. The summed E-state index contributed by atoms with van der Waals surface area (Å²) in [7, 11) is 0. The Kier molecular flexibility index (Phi) is 3.35. The van der Waals surface area contributed by atoms with Gasteiger partial charge in [-0.25, -0.2) is 0 Å². The van der Waals surface area contributed by atoms with Crippen molar-refractivity contribution >= 4 is 27.3 Å². The lowest BCUT2D eigenvalue weighted by Gasteiger charge is -2.25.